The number of rotatable bonds is 4. The van der Waals surface area contributed by atoms with Crippen LogP contribution in [-0.4, -0.2) is 0 Å². The Hall–Kier alpha value is -1.98. The van der Waals surface area contributed by atoms with Crippen LogP contribution in [0.2, 0.25) is 0 Å². The van der Waals surface area contributed by atoms with Crippen LogP contribution in [0.25, 0.3) is 52.5 Å². The molecule has 0 atom stereocenters. The summed E-state index contributed by atoms with van der Waals surface area (Å²) in [5, 5.41) is 5.83. The maximum atomic E-state index is 2.53. The molecule has 4 heterocycles. The quantitative estimate of drug-likeness (QED) is 0.198. The number of benzene rings is 2. The van der Waals surface area contributed by atoms with Crippen molar-refractivity contribution < 1.29 is 0 Å². The van der Waals surface area contributed by atoms with Crippen molar-refractivity contribution in [3.8, 4) is 0 Å². The van der Waals surface area contributed by atoms with Crippen LogP contribution < -0.4 is 0 Å². The van der Waals surface area contributed by atoms with Crippen LogP contribution in [0.5, 0.6) is 0 Å². The molecule has 0 amide bonds. The lowest BCUT2D eigenvalue weighted by Gasteiger charge is -2.19. The number of hydrogen-bond acceptors (Lipinski definition) is 4. The number of hydrogen-bond donors (Lipinski definition) is 0. The Morgan fingerprint density at radius 2 is 0.816 bits per heavy atom. The largest absolute Gasteiger partial charge is 0.140 e. The molecule has 2 aliphatic rings. The van der Waals surface area contributed by atoms with Crippen molar-refractivity contribution in [2.45, 2.75) is 76.0 Å². The van der Waals surface area contributed by atoms with Gasteiger partial charge in [0.25, 0.3) is 0 Å². The van der Waals surface area contributed by atoms with Gasteiger partial charge in [-0.1, -0.05) is 38.5 Å². The van der Waals surface area contributed by atoms with Gasteiger partial charge in [-0.15, -0.1) is 45.3 Å². The highest BCUT2D eigenvalue weighted by atomic mass is 32.1. The summed E-state index contributed by atoms with van der Waals surface area (Å²) in [4.78, 5) is 5.95. The molecule has 0 bridgehead atoms. The zero-order valence-corrected chi connectivity index (χ0v) is 24.9. The highest BCUT2D eigenvalue weighted by Crippen LogP contribution is 2.44. The monoisotopic (exact) mass is 568 g/mol. The van der Waals surface area contributed by atoms with Crippen LogP contribution in [0.3, 0.4) is 0 Å². The lowest BCUT2D eigenvalue weighted by molar-refractivity contribution is 0.448. The zero-order valence-electron chi connectivity index (χ0n) is 21.6. The van der Waals surface area contributed by atoms with E-state index in [1.165, 1.54) is 114 Å². The van der Waals surface area contributed by atoms with Crippen molar-refractivity contribution >= 4 is 97.8 Å². The van der Waals surface area contributed by atoms with Crippen LogP contribution in [0.4, 0.5) is 0 Å². The molecular formula is C34H32S4. The predicted octanol–water partition coefficient (Wildman–Crippen LogP) is 12.8. The van der Waals surface area contributed by atoms with E-state index in [9.17, 15) is 0 Å². The lowest BCUT2D eigenvalue weighted by atomic mass is 9.88. The first kappa shape index (κ1) is 23.9. The molecule has 0 unspecified atom stereocenters. The Morgan fingerprint density at radius 3 is 1.24 bits per heavy atom. The zero-order chi connectivity index (χ0) is 25.1. The summed E-state index contributed by atoms with van der Waals surface area (Å²) in [5.41, 5.74) is 0. The summed E-state index contributed by atoms with van der Waals surface area (Å²) in [7, 11) is 0. The summed E-state index contributed by atoms with van der Waals surface area (Å²) < 4.78 is 5.75. The Labute approximate surface area is 240 Å². The van der Waals surface area contributed by atoms with Gasteiger partial charge in [0.2, 0.25) is 0 Å². The normalized spacial score (nSPS) is 18.2. The molecule has 0 nitrogen and oxygen atoms in total. The van der Waals surface area contributed by atoms with E-state index in [1.54, 1.807) is 9.75 Å². The molecule has 0 aliphatic heterocycles. The van der Waals surface area contributed by atoms with E-state index in [-0.39, 0.29) is 0 Å². The number of thiophene rings is 4. The Kier molecular flexibility index (Phi) is 6.21. The molecule has 4 heteroatoms. The molecule has 38 heavy (non-hydrogen) atoms. The molecule has 2 saturated carbocycles. The lowest BCUT2D eigenvalue weighted by Crippen LogP contribution is -2.02. The van der Waals surface area contributed by atoms with Crippen molar-refractivity contribution in [1.82, 2.24) is 0 Å². The van der Waals surface area contributed by atoms with Gasteiger partial charge >= 0.3 is 0 Å². The summed E-state index contributed by atoms with van der Waals surface area (Å²) in [6.07, 6.45) is 18.6. The van der Waals surface area contributed by atoms with Gasteiger partial charge in [0.1, 0.15) is 0 Å². The van der Waals surface area contributed by atoms with E-state index in [2.05, 4.69) is 60.7 Å². The van der Waals surface area contributed by atoms with Crippen LogP contribution in [0.15, 0.2) is 48.5 Å². The molecule has 0 N–H and O–H groups in total. The van der Waals surface area contributed by atoms with E-state index in [1.807, 2.05) is 45.3 Å². The minimum Gasteiger partial charge on any atom is -0.140 e. The minimum absolute atomic E-state index is 0.788. The maximum Gasteiger partial charge on any atom is 0.0356 e. The fraction of sp³-hybridized carbons (Fsp3) is 0.353. The van der Waals surface area contributed by atoms with Crippen molar-refractivity contribution in [3.05, 3.63) is 68.0 Å². The van der Waals surface area contributed by atoms with Gasteiger partial charge in [0.05, 0.1) is 0 Å². The van der Waals surface area contributed by atoms with E-state index < -0.39 is 0 Å². The maximum absolute atomic E-state index is 2.53. The molecule has 0 radical (unpaired) electrons. The molecule has 0 saturated heterocycles. The molecule has 2 fully saturated rings. The fourth-order valence-corrected chi connectivity index (χ4v) is 11.3. The second-order valence-corrected chi connectivity index (χ2v) is 15.8. The molecule has 6 aromatic rings. The highest BCUT2D eigenvalue weighted by molar-refractivity contribution is 7.22. The van der Waals surface area contributed by atoms with Gasteiger partial charge in [-0.2, -0.15) is 0 Å². The Bertz CT molecular complexity index is 1660. The Balaban J connectivity index is 1.10. The van der Waals surface area contributed by atoms with Gasteiger partial charge in [0, 0.05) is 59.9 Å². The summed E-state index contributed by atoms with van der Waals surface area (Å²) in [6.45, 7) is 0. The average molecular weight is 569 g/mol. The molecule has 2 aliphatic carbocycles. The molecule has 192 valence electrons. The van der Waals surface area contributed by atoms with Crippen LogP contribution in [0, 0.1) is 0 Å². The van der Waals surface area contributed by atoms with Crippen LogP contribution in [0.1, 0.15) is 95.6 Å². The summed E-state index contributed by atoms with van der Waals surface area (Å²) in [6, 6.07) is 19.3. The SMILES string of the molecule is C(=C\c1cc2c(ccc3sc(C4CCCCC4)cc32)s1)/c1cc2c(ccc3sc(C4CCCCC4)cc32)s1. The highest BCUT2D eigenvalue weighted by Gasteiger charge is 2.20. The van der Waals surface area contributed by atoms with Crippen LogP contribution in [-0.2, 0) is 0 Å². The minimum atomic E-state index is 0.788. The van der Waals surface area contributed by atoms with Gasteiger partial charge in [-0.25, -0.2) is 0 Å². The second kappa shape index (κ2) is 9.89. The molecular weight excluding hydrogens is 537 g/mol. The van der Waals surface area contributed by atoms with Crippen molar-refractivity contribution in [2.24, 2.45) is 0 Å². The van der Waals surface area contributed by atoms with Crippen molar-refractivity contribution in [3.63, 3.8) is 0 Å². The first-order valence-corrected chi connectivity index (χ1v) is 17.7. The predicted molar refractivity (Wildman–Crippen MR) is 175 cm³/mol. The smallest absolute Gasteiger partial charge is 0.0356 e. The molecule has 2 aromatic carbocycles. The average Bonchev–Trinajstić information content (AvgIpc) is 3.75. The van der Waals surface area contributed by atoms with Gasteiger partial charge < -0.3 is 0 Å². The first-order valence-electron chi connectivity index (χ1n) is 14.4. The van der Waals surface area contributed by atoms with Gasteiger partial charge in [-0.05, 0) is 98.2 Å². The fourth-order valence-electron chi connectivity index (χ4n) is 6.84. The van der Waals surface area contributed by atoms with E-state index in [4.69, 9.17) is 0 Å². The summed E-state index contributed by atoms with van der Waals surface area (Å²) >= 11 is 7.94. The third-order valence-electron chi connectivity index (χ3n) is 8.90. The van der Waals surface area contributed by atoms with E-state index >= 15 is 0 Å². The molecule has 0 spiro atoms. The second-order valence-electron chi connectivity index (χ2n) is 11.4. The third-order valence-corrected chi connectivity index (χ3v) is 13.6. The van der Waals surface area contributed by atoms with Gasteiger partial charge in [-0.3, -0.25) is 0 Å². The van der Waals surface area contributed by atoms with Crippen molar-refractivity contribution in [2.75, 3.05) is 0 Å². The standard InChI is InChI=1S/C34H32S4/c1-3-7-21(8-4-1)33-19-27-25-17-23(35-29(25)13-15-31(27)37-33)11-12-24-18-26-28-20-34(22-9-5-2-6-10-22)38-32(28)16-14-30(26)36-24/h11-22H,1-10H2/b12-11+. The third kappa shape index (κ3) is 4.29. The van der Waals surface area contributed by atoms with Gasteiger partial charge in [0.15, 0.2) is 0 Å². The molecule has 8 rings (SSSR count). The topological polar surface area (TPSA) is 0 Å². The van der Waals surface area contributed by atoms with E-state index in [0.29, 0.717) is 0 Å². The summed E-state index contributed by atoms with van der Waals surface area (Å²) in [5.74, 6) is 1.58. The first-order chi connectivity index (χ1) is 18.8. The number of fused-ring (bicyclic) bond motifs is 6. The van der Waals surface area contributed by atoms with E-state index in [0.717, 1.165) is 11.8 Å². The Morgan fingerprint density at radius 1 is 0.447 bits per heavy atom. The molecule has 4 aromatic heterocycles. The van der Waals surface area contributed by atoms with Crippen molar-refractivity contribution in [1.29, 1.82) is 0 Å². The van der Waals surface area contributed by atoms with Crippen LogP contribution >= 0.6 is 45.3 Å².